The van der Waals surface area contributed by atoms with E-state index in [1.807, 2.05) is 12.1 Å². The van der Waals surface area contributed by atoms with Crippen LogP contribution in [0, 0.1) is 11.3 Å². The summed E-state index contributed by atoms with van der Waals surface area (Å²) in [6, 6.07) is 14.3. The highest BCUT2D eigenvalue weighted by Gasteiger charge is 2.05. The summed E-state index contributed by atoms with van der Waals surface area (Å²) >= 11 is 5.26. The van der Waals surface area contributed by atoms with Gasteiger partial charge in [-0.05, 0) is 48.1 Å². The fourth-order valence-electron chi connectivity index (χ4n) is 1.95. The van der Waals surface area contributed by atoms with Crippen molar-refractivity contribution in [3.05, 3.63) is 53.6 Å². The van der Waals surface area contributed by atoms with Crippen molar-refractivity contribution in [1.29, 1.82) is 5.26 Å². The highest BCUT2D eigenvalue weighted by molar-refractivity contribution is 7.80. The van der Waals surface area contributed by atoms with Crippen molar-refractivity contribution in [2.75, 3.05) is 17.7 Å². The van der Waals surface area contributed by atoms with Gasteiger partial charge in [0.15, 0.2) is 5.11 Å². The van der Waals surface area contributed by atoms with E-state index in [1.165, 1.54) is 0 Å². The summed E-state index contributed by atoms with van der Waals surface area (Å²) in [7, 11) is 1.80. The summed E-state index contributed by atoms with van der Waals surface area (Å²) in [5.74, 6) is 0.220. The van der Waals surface area contributed by atoms with Gasteiger partial charge in [-0.15, -0.1) is 0 Å². The minimum absolute atomic E-state index is 0.220. The number of thiocarbonyl (C=S) groups is 1. The van der Waals surface area contributed by atoms with Crippen LogP contribution in [0.25, 0.3) is 0 Å². The Morgan fingerprint density at radius 3 is 2.73 bits per heavy atom. The van der Waals surface area contributed by atoms with Gasteiger partial charge in [0.1, 0.15) is 5.75 Å². The van der Waals surface area contributed by atoms with Gasteiger partial charge in [-0.1, -0.05) is 12.1 Å². The molecule has 112 valence electrons. The lowest BCUT2D eigenvalue weighted by Crippen LogP contribution is -2.28. The van der Waals surface area contributed by atoms with Crippen molar-refractivity contribution in [1.82, 2.24) is 5.32 Å². The number of phenolic OH excluding ortho intramolecular Hbond substituents is 1. The number of nitriles is 1. The number of nitrogens with zero attached hydrogens (tertiary/aromatic N) is 1. The van der Waals surface area contributed by atoms with Crippen LogP contribution >= 0.6 is 12.2 Å². The summed E-state index contributed by atoms with van der Waals surface area (Å²) in [4.78, 5) is 0. The van der Waals surface area contributed by atoms with Gasteiger partial charge >= 0.3 is 0 Å². The van der Waals surface area contributed by atoms with Gasteiger partial charge in [0.2, 0.25) is 0 Å². The van der Waals surface area contributed by atoms with Crippen LogP contribution in [-0.2, 0) is 6.54 Å². The van der Waals surface area contributed by atoms with Crippen molar-refractivity contribution in [3.63, 3.8) is 0 Å². The van der Waals surface area contributed by atoms with E-state index < -0.39 is 0 Å². The quantitative estimate of drug-likeness (QED) is 0.650. The number of hydrogen-bond donors (Lipinski definition) is 4. The van der Waals surface area contributed by atoms with Crippen molar-refractivity contribution < 1.29 is 5.11 Å². The molecule has 0 spiro atoms. The Morgan fingerprint density at radius 1 is 1.23 bits per heavy atom. The minimum Gasteiger partial charge on any atom is -0.508 e. The summed E-state index contributed by atoms with van der Waals surface area (Å²) in [6.45, 7) is 0.493. The van der Waals surface area contributed by atoms with Crippen molar-refractivity contribution in [3.8, 4) is 11.8 Å². The first kappa shape index (κ1) is 15.6. The lowest BCUT2D eigenvalue weighted by molar-refractivity contribution is 0.474. The van der Waals surface area contributed by atoms with Crippen molar-refractivity contribution in [2.24, 2.45) is 0 Å². The molecule has 0 saturated carbocycles. The molecule has 0 atom stereocenters. The fraction of sp³-hybridized carbons (Fsp3) is 0.125. The third-order valence-corrected chi connectivity index (χ3v) is 3.28. The second-order valence-corrected chi connectivity index (χ2v) is 5.01. The zero-order valence-corrected chi connectivity index (χ0v) is 12.9. The molecule has 6 heteroatoms. The molecular formula is C16H16N4OS. The van der Waals surface area contributed by atoms with Gasteiger partial charge in [0, 0.05) is 13.6 Å². The molecule has 4 N–H and O–H groups in total. The van der Waals surface area contributed by atoms with Crippen LogP contribution in [0.1, 0.15) is 11.1 Å². The maximum Gasteiger partial charge on any atom is 0.171 e. The zero-order chi connectivity index (χ0) is 15.9. The van der Waals surface area contributed by atoms with Gasteiger partial charge < -0.3 is 21.1 Å². The van der Waals surface area contributed by atoms with Crippen molar-refractivity contribution >= 4 is 28.7 Å². The van der Waals surface area contributed by atoms with Gasteiger partial charge in [0.25, 0.3) is 0 Å². The monoisotopic (exact) mass is 312 g/mol. The normalized spacial score (nSPS) is 9.64. The number of anilines is 2. The SMILES string of the molecule is CNc1ccc(C#N)cc1NC(=S)NCc1cccc(O)c1. The van der Waals surface area contributed by atoms with Gasteiger partial charge in [-0.25, -0.2) is 0 Å². The third-order valence-electron chi connectivity index (χ3n) is 3.03. The average Bonchev–Trinajstić information content (AvgIpc) is 2.53. The number of benzene rings is 2. The molecule has 2 rings (SSSR count). The van der Waals surface area contributed by atoms with Crippen LogP contribution in [-0.4, -0.2) is 17.3 Å². The summed E-state index contributed by atoms with van der Waals surface area (Å²) in [6.07, 6.45) is 0. The van der Waals surface area contributed by atoms with Crippen LogP contribution in [0.5, 0.6) is 5.75 Å². The average molecular weight is 312 g/mol. The van der Waals surface area contributed by atoms with E-state index in [9.17, 15) is 5.11 Å². The fourth-order valence-corrected chi connectivity index (χ4v) is 2.13. The topological polar surface area (TPSA) is 80.1 Å². The largest absolute Gasteiger partial charge is 0.508 e. The van der Waals surface area contributed by atoms with E-state index >= 15 is 0 Å². The Kier molecular flexibility index (Phi) is 5.17. The lowest BCUT2D eigenvalue weighted by Gasteiger charge is -2.14. The molecule has 0 amide bonds. The molecule has 0 bridgehead atoms. The maximum atomic E-state index is 9.42. The number of nitrogens with one attached hydrogen (secondary N) is 3. The third kappa shape index (κ3) is 4.11. The predicted octanol–water partition coefficient (Wildman–Crippen LogP) is 2.79. The molecule has 0 radical (unpaired) electrons. The highest BCUT2D eigenvalue weighted by Crippen LogP contribution is 2.22. The molecule has 2 aromatic rings. The van der Waals surface area contributed by atoms with Gasteiger partial charge in [0.05, 0.1) is 23.0 Å². The van der Waals surface area contributed by atoms with E-state index in [4.69, 9.17) is 17.5 Å². The van der Waals surface area contributed by atoms with Crippen LogP contribution in [0.15, 0.2) is 42.5 Å². The van der Waals surface area contributed by atoms with E-state index in [0.29, 0.717) is 17.2 Å². The minimum atomic E-state index is 0.220. The van der Waals surface area contributed by atoms with Crippen LogP contribution in [0.3, 0.4) is 0 Å². The van der Waals surface area contributed by atoms with Gasteiger partial charge in [-0.2, -0.15) is 5.26 Å². The smallest absolute Gasteiger partial charge is 0.171 e. The standard InChI is InChI=1S/C16H16N4OS/c1-18-14-6-5-11(9-17)8-15(14)20-16(22)19-10-12-3-2-4-13(21)7-12/h2-8,18,21H,10H2,1H3,(H2,19,20,22). The highest BCUT2D eigenvalue weighted by atomic mass is 32.1. The maximum absolute atomic E-state index is 9.42. The summed E-state index contributed by atoms with van der Waals surface area (Å²) < 4.78 is 0. The second-order valence-electron chi connectivity index (χ2n) is 4.60. The number of hydrogen-bond acceptors (Lipinski definition) is 4. The number of aromatic hydroxyl groups is 1. The molecular weight excluding hydrogens is 296 g/mol. The van der Waals surface area contributed by atoms with Crippen LogP contribution < -0.4 is 16.0 Å². The molecule has 0 aliphatic carbocycles. The molecule has 0 heterocycles. The molecule has 0 unspecified atom stereocenters. The number of phenols is 1. The second kappa shape index (κ2) is 7.29. The molecule has 0 aromatic heterocycles. The molecule has 0 aliphatic rings. The lowest BCUT2D eigenvalue weighted by atomic mass is 10.2. The van der Waals surface area contributed by atoms with E-state index in [-0.39, 0.29) is 5.75 Å². The molecule has 0 fully saturated rings. The molecule has 5 nitrogen and oxygen atoms in total. The Bertz CT molecular complexity index is 724. The summed E-state index contributed by atoms with van der Waals surface area (Å²) in [5, 5.41) is 28.0. The van der Waals surface area contributed by atoms with Crippen molar-refractivity contribution in [2.45, 2.75) is 6.54 Å². The van der Waals surface area contributed by atoms with E-state index in [1.54, 1.807) is 37.4 Å². The van der Waals surface area contributed by atoms with E-state index in [0.717, 1.165) is 16.9 Å². The predicted molar refractivity (Wildman–Crippen MR) is 91.9 cm³/mol. The summed E-state index contributed by atoms with van der Waals surface area (Å²) in [5.41, 5.74) is 3.05. The Balaban J connectivity index is 2.01. The Labute approximate surface area is 134 Å². The van der Waals surface area contributed by atoms with Crippen LogP contribution in [0.4, 0.5) is 11.4 Å². The molecule has 0 aliphatic heterocycles. The zero-order valence-electron chi connectivity index (χ0n) is 12.1. The first-order chi connectivity index (χ1) is 10.6. The Hall–Kier alpha value is -2.78. The first-order valence-corrected chi connectivity index (χ1v) is 7.08. The molecule has 0 saturated heterocycles. The van der Waals surface area contributed by atoms with Gasteiger partial charge in [-0.3, -0.25) is 0 Å². The Morgan fingerprint density at radius 2 is 2.05 bits per heavy atom. The molecule has 2 aromatic carbocycles. The number of rotatable bonds is 4. The first-order valence-electron chi connectivity index (χ1n) is 6.67. The molecule has 22 heavy (non-hydrogen) atoms. The van der Waals surface area contributed by atoms with Crippen LogP contribution in [0.2, 0.25) is 0 Å². The van der Waals surface area contributed by atoms with E-state index in [2.05, 4.69) is 22.0 Å².